The van der Waals surface area contributed by atoms with E-state index < -0.39 is 0 Å². The van der Waals surface area contributed by atoms with Gasteiger partial charge in [-0.05, 0) is 6.42 Å². The molecular weight excluding hydrogens is 257 g/mol. The Balaban J connectivity index is 0.00000162. The van der Waals surface area contributed by atoms with Gasteiger partial charge in [-0.1, -0.05) is 6.92 Å². The molecule has 0 amide bonds. The Morgan fingerprint density at radius 3 is 2.83 bits per heavy atom. The van der Waals surface area contributed by atoms with Crippen LogP contribution in [0, 0.1) is 5.95 Å². The first kappa shape index (κ1) is 14.5. The van der Waals surface area contributed by atoms with Crippen molar-refractivity contribution < 1.29 is 4.39 Å². The third kappa shape index (κ3) is 3.22. The molecule has 0 atom stereocenters. The summed E-state index contributed by atoms with van der Waals surface area (Å²) < 4.78 is 16.5. The molecule has 0 aromatic carbocycles. The lowest BCUT2D eigenvalue weighted by molar-refractivity contribution is 0.496. The van der Waals surface area contributed by atoms with Crippen LogP contribution in [0.15, 0.2) is 18.5 Å². The predicted octanol–water partition coefficient (Wildman–Crippen LogP) is 2.20. The average molecular weight is 274 g/mol. The summed E-state index contributed by atoms with van der Waals surface area (Å²) in [4.78, 5) is 0. The van der Waals surface area contributed by atoms with E-state index in [0.29, 0.717) is 12.1 Å². The van der Waals surface area contributed by atoms with Crippen molar-refractivity contribution in [2.45, 2.75) is 26.4 Å². The molecule has 0 aliphatic heterocycles. The van der Waals surface area contributed by atoms with Crippen LogP contribution < -0.4 is 5.32 Å². The Labute approximate surface area is 111 Å². The zero-order valence-electron chi connectivity index (χ0n) is 10.4. The van der Waals surface area contributed by atoms with Gasteiger partial charge in [-0.2, -0.15) is 14.6 Å². The summed E-state index contributed by atoms with van der Waals surface area (Å²) in [5, 5.41) is 11.2. The highest BCUT2D eigenvalue weighted by Gasteiger charge is 2.07. The molecule has 7 heteroatoms. The number of hydrogen-bond donors (Lipinski definition) is 1. The molecule has 0 spiro atoms. The number of aromatic nitrogens is 4. The van der Waals surface area contributed by atoms with Crippen molar-refractivity contribution in [2.24, 2.45) is 7.05 Å². The average Bonchev–Trinajstić information content (AvgIpc) is 2.87. The van der Waals surface area contributed by atoms with Crippen LogP contribution in [0.4, 0.5) is 10.2 Å². The van der Waals surface area contributed by atoms with Crippen LogP contribution >= 0.6 is 12.4 Å². The monoisotopic (exact) mass is 273 g/mol. The quantitative estimate of drug-likeness (QED) is 0.909. The lowest BCUT2D eigenvalue weighted by Crippen LogP contribution is -2.04. The number of halogens is 2. The maximum atomic E-state index is 13.4. The Kier molecular flexibility index (Phi) is 5.15. The third-order valence-electron chi connectivity index (χ3n) is 2.49. The van der Waals surface area contributed by atoms with E-state index in [9.17, 15) is 4.39 Å². The molecule has 0 aliphatic rings. The van der Waals surface area contributed by atoms with Crippen molar-refractivity contribution in [1.82, 2.24) is 19.6 Å². The molecule has 100 valence electrons. The van der Waals surface area contributed by atoms with E-state index in [0.717, 1.165) is 18.8 Å². The Morgan fingerprint density at radius 1 is 1.44 bits per heavy atom. The minimum absolute atomic E-state index is 0. The van der Waals surface area contributed by atoms with Gasteiger partial charge in [-0.25, -0.2) is 4.68 Å². The van der Waals surface area contributed by atoms with Gasteiger partial charge >= 0.3 is 0 Å². The first-order chi connectivity index (χ1) is 8.20. The molecule has 2 aromatic heterocycles. The van der Waals surface area contributed by atoms with Crippen LogP contribution in [0.1, 0.15) is 18.9 Å². The van der Waals surface area contributed by atoms with Gasteiger partial charge in [0.15, 0.2) is 0 Å². The van der Waals surface area contributed by atoms with Crippen molar-refractivity contribution in [1.29, 1.82) is 0 Å². The zero-order valence-corrected chi connectivity index (χ0v) is 11.2. The summed E-state index contributed by atoms with van der Waals surface area (Å²) >= 11 is 0. The lowest BCUT2D eigenvalue weighted by atomic mass is 10.3. The maximum Gasteiger partial charge on any atom is 0.216 e. The number of nitrogens with one attached hydrogen (secondary N) is 1. The van der Waals surface area contributed by atoms with Crippen molar-refractivity contribution >= 4 is 18.2 Å². The fraction of sp³-hybridized carbons (Fsp3) is 0.455. The number of nitrogens with zero attached hydrogens (tertiary/aromatic N) is 4. The minimum Gasteiger partial charge on any atom is -0.364 e. The van der Waals surface area contributed by atoms with E-state index in [1.165, 1.54) is 10.9 Å². The van der Waals surface area contributed by atoms with Gasteiger partial charge in [-0.3, -0.25) is 4.68 Å². The summed E-state index contributed by atoms with van der Waals surface area (Å²) in [6, 6.07) is 1.88. The molecule has 2 aromatic rings. The van der Waals surface area contributed by atoms with Gasteiger partial charge in [0.1, 0.15) is 5.82 Å². The van der Waals surface area contributed by atoms with Gasteiger partial charge in [0.25, 0.3) is 0 Å². The molecule has 0 unspecified atom stereocenters. The second-order valence-corrected chi connectivity index (χ2v) is 3.90. The van der Waals surface area contributed by atoms with Gasteiger partial charge in [0.2, 0.25) is 5.95 Å². The van der Waals surface area contributed by atoms with Crippen LogP contribution in [-0.4, -0.2) is 19.6 Å². The number of anilines is 1. The van der Waals surface area contributed by atoms with Gasteiger partial charge < -0.3 is 5.32 Å². The summed E-state index contributed by atoms with van der Waals surface area (Å²) in [7, 11) is 1.58. The van der Waals surface area contributed by atoms with Gasteiger partial charge in [0, 0.05) is 38.0 Å². The third-order valence-corrected chi connectivity index (χ3v) is 2.49. The largest absolute Gasteiger partial charge is 0.364 e. The Bertz CT molecular complexity index is 493. The van der Waals surface area contributed by atoms with E-state index in [2.05, 4.69) is 22.4 Å². The second kappa shape index (κ2) is 6.39. The molecule has 0 radical (unpaired) electrons. The molecule has 0 saturated carbocycles. The van der Waals surface area contributed by atoms with E-state index in [4.69, 9.17) is 0 Å². The molecule has 2 rings (SSSR count). The van der Waals surface area contributed by atoms with Crippen LogP contribution in [0.3, 0.4) is 0 Å². The molecule has 0 saturated heterocycles. The molecule has 0 bridgehead atoms. The normalized spacial score (nSPS) is 10.2. The summed E-state index contributed by atoms with van der Waals surface area (Å²) in [6.07, 6.45) is 4.47. The van der Waals surface area contributed by atoms with Crippen LogP contribution in [-0.2, 0) is 20.1 Å². The van der Waals surface area contributed by atoms with Crippen molar-refractivity contribution in [3.05, 3.63) is 30.0 Å². The standard InChI is InChI=1S/C11H16FN5.ClH/c1-3-5-17-6-4-10(15-17)13-7-9-8-14-16(2)11(9)12;/h4,6,8H,3,5,7H2,1-2H3,(H,13,15);1H. The fourth-order valence-electron chi connectivity index (χ4n) is 1.58. The summed E-state index contributed by atoms with van der Waals surface area (Å²) in [5.41, 5.74) is 0.539. The van der Waals surface area contributed by atoms with E-state index in [1.807, 2.05) is 16.9 Å². The molecule has 1 N–H and O–H groups in total. The van der Waals surface area contributed by atoms with Crippen molar-refractivity contribution in [3.8, 4) is 0 Å². The lowest BCUT2D eigenvalue weighted by Gasteiger charge is -2.01. The SMILES string of the molecule is CCCn1ccc(NCc2cnn(C)c2F)n1.Cl. The van der Waals surface area contributed by atoms with E-state index >= 15 is 0 Å². The van der Waals surface area contributed by atoms with Crippen molar-refractivity contribution in [3.63, 3.8) is 0 Å². The zero-order chi connectivity index (χ0) is 12.3. The van der Waals surface area contributed by atoms with Crippen LogP contribution in [0.2, 0.25) is 0 Å². The molecule has 18 heavy (non-hydrogen) atoms. The molecule has 0 aliphatic carbocycles. The molecule has 5 nitrogen and oxygen atoms in total. The highest BCUT2D eigenvalue weighted by Crippen LogP contribution is 2.09. The molecular formula is C11H17ClFN5. The summed E-state index contributed by atoms with van der Waals surface area (Å²) in [5.74, 6) is 0.437. The van der Waals surface area contributed by atoms with Gasteiger partial charge in [-0.15, -0.1) is 12.4 Å². The highest BCUT2D eigenvalue weighted by atomic mass is 35.5. The predicted molar refractivity (Wildman–Crippen MR) is 70.3 cm³/mol. The highest BCUT2D eigenvalue weighted by molar-refractivity contribution is 5.85. The first-order valence-electron chi connectivity index (χ1n) is 5.64. The topological polar surface area (TPSA) is 47.7 Å². The molecule has 2 heterocycles. The molecule has 0 fully saturated rings. The van der Waals surface area contributed by atoms with Crippen LogP contribution in [0.5, 0.6) is 0 Å². The van der Waals surface area contributed by atoms with Crippen molar-refractivity contribution in [2.75, 3.05) is 5.32 Å². The maximum absolute atomic E-state index is 13.4. The first-order valence-corrected chi connectivity index (χ1v) is 5.64. The van der Waals surface area contributed by atoms with E-state index in [-0.39, 0.29) is 18.4 Å². The minimum atomic E-state index is -0.314. The number of rotatable bonds is 5. The fourth-order valence-corrected chi connectivity index (χ4v) is 1.58. The van der Waals surface area contributed by atoms with E-state index in [1.54, 1.807) is 7.05 Å². The smallest absolute Gasteiger partial charge is 0.216 e. The summed E-state index contributed by atoms with van der Waals surface area (Å²) in [6.45, 7) is 3.38. The Morgan fingerprint density at radius 2 is 2.22 bits per heavy atom. The number of aryl methyl sites for hydroxylation is 2. The van der Waals surface area contributed by atoms with Crippen LogP contribution in [0.25, 0.3) is 0 Å². The Hall–Kier alpha value is -1.56. The second-order valence-electron chi connectivity index (χ2n) is 3.90. The van der Waals surface area contributed by atoms with Gasteiger partial charge in [0.05, 0.1) is 6.20 Å². The number of hydrogen-bond acceptors (Lipinski definition) is 3.